The van der Waals surface area contributed by atoms with Gasteiger partial charge < -0.3 is 14.8 Å². The molecular weight excluding hydrogens is 318 g/mol. The quantitative estimate of drug-likeness (QED) is 0.832. The van der Waals surface area contributed by atoms with E-state index < -0.39 is 0 Å². The maximum absolute atomic E-state index is 12.6. The minimum atomic E-state index is -0.178. The summed E-state index contributed by atoms with van der Waals surface area (Å²) in [7, 11) is 0. The van der Waals surface area contributed by atoms with Crippen LogP contribution in [-0.4, -0.2) is 66.2 Å². The molecule has 136 valence electrons. The first-order chi connectivity index (χ1) is 12.1. The summed E-state index contributed by atoms with van der Waals surface area (Å²) in [5.74, 6) is 0.790. The Hall–Kier alpha value is -1.89. The topological polar surface area (TPSA) is 69.0 Å². The third-order valence-corrected chi connectivity index (χ3v) is 4.98. The number of rotatable bonds is 6. The number of aliphatic hydroxyl groups excluding tert-OH is 1. The maximum atomic E-state index is 12.6. The largest absolute Gasteiger partial charge is 0.459 e. The predicted octanol–water partition coefficient (Wildman–Crippen LogP) is 1.61. The number of fused-ring (bicyclic) bond motifs is 1. The highest BCUT2D eigenvalue weighted by Gasteiger charge is 2.26. The third kappa shape index (κ3) is 4.21. The van der Waals surface area contributed by atoms with E-state index in [2.05, 4.69) is 15.1 Å². The van der Waals surface area contributed by atoms with E-state index >= 15 is 0 Å². The van der Waals surface area contributed by atoms with Crippen LogP contribution in [-0.2, 0) is 4.79 Å². The Morgan fingerprint density at radius 3 is 2.64 bits per heavy atom. The molecule has 6 heteroatoms. The number of carbonyl (C=O) groups excluding carboxylic acids is 1. The third-order valence-electron chi connectivity index (χ3n) is 4.98. The summed E-state index contributed by atoms with van der Waals surface area (Å²) in [4.78, 5) is 17.0. The highest BCUT2D eigenvalue weighted by molar-refractivity contribution is 5.82. The molecule has 2 atom stereocenters. The highest BCUT2D eigenvalue weighted by atomic mass is 16.3. The van der Waals surface area contributed by atoms with Gasteiger partial charge in [0.05, 0.1) is 18.7 Å². The van der Waals surface area contributed by atoms with Crippen LogP contribution in [0.15, 0.2) is 34.7 Å². The van der Waals surface area contributed by atoms with Crippen LogP contribution in [0.4, 0.5) is 0 Å². The average Bonchev–Trinajstić information content (AvgIpc) is 3.06. The second-order valence-corrected chi connectivity index (χ2v) is 6.69. The standard InChI is InChI=1S/C19H27N3O3/c1-14(18-13-16-5-3-4-6-17(16)25-18)20-19(24)15(2)22-9-7-21(8-10-22)11-12-23/h3-6,13-15,23H,7-12H2,1-2H3,(H,20,24). The molecule has 6 nitrogen and oxygen atoms in total. The van der Waals surface area contributed by atoms with Gasteiger partial charge in [0.1, 0.15) is 11.3 Å². The van der Waals surface area contributed by atoms with E-state index in [4.69, 9.17) is 9.52 Å². The highest BCUT2D eigenvalue weighted by Crippen LogP contribution is 2.23. The molecule has 0 aliphatic carbocycles. The van der Waals surface area contributed by atoms with E-state index in [1.54, 1.807) is 0 Å². The second-order valence-electron chi connectivity index (χ2n) is 6.69. The SMILES string of the molecule is CC(NC(=O)C(C)N1CCN(CCO)CC1)c1cc2ccccc2o1. The molecule has 2 unspecified atom stereocenters. The normalized spacial score (nSPS) is 19.0. The second kappa shape index (κ2) is 7.99. The molecule has 1 fully saturated rings. The molecule has 1 aromatic heterocycles. The van der Waals surface area contributed by atoms with Crippen LogP contribution in [0.1, 0.15) is 25.6 Å². The van der Waals surface area contributed by atoms with Crippen molar-refractivity contribution in [3.05, 3.63) is 36.1 Å². The molecule has 2 N–H and O–H groups in total. The number of hydrogen-bond acceptors (Lipinski definition) is 5. The Kier molecular flexibility index (Phi) is 5.73. The Morgan fingerprint density at radius 2 is 1.96 bits per heavy atom. The van der Waals surface area contributed by atoms with E-state index in [0.717, 1.165) is 42.9 Å². The summed E-state index contributed by atoms with van der Waals surface area (Å²) >= 11 is 0. The fourth-order valence-corrected chi connectivity index (χ4v) is 3.30. The number of furan rings is 1. The molecule has 1 aromatic carbocycles. The maximum Gasteiger partial charge on any atom is 0.237 e. The fraction of sp³-hybridized carbons (Fsp3) is 0.526. The van der Waals surface area contributed by atoms with Gasteiger partial charge in [-0.1, -0.05) is 18.2 Å². The van der Waals surface area contributed by atoms with Crippen LogP contribution in [0.2, 0.25) is 0 Å². The Bertz CT molecular complexity index is 674. The van der Waals surface area contributed by atoms with Crippen molar-refractivity contribution >= 4 is 16.9 Å². The minimum absolute atomic E-state index is 0.0172. The summed E-state index contributed by atoms with van der Waals surface area (Å²) in [5, 5.41) is 13.1. The number of hydrogen-bond donors (Lipinski definition) is 2. The number of carbonyl (C=O) groups is 1. The molecule has 1 saturated heterocycles. The molecule has 3 rings (SSSR count). The summed E-state index contributed by atoms with van der Waals surface area (Å²) < 4.78 is 5.84. The number of aliphatic hydroxyl groups is 1. The van der Waals surface area contributed by atoms with Gasteiger partial charge >= 0.3 is 0 Å². The lowest BCUT2D eigenvalue weighted by molar-refractivity contribution is -0.127. The number of nitrogens with zero attached hydrogens (tertiary/aromatic N) is 2. The van der Waals surface area contributed by atoms with Crippen molar-refractivity contribution in [2.24, 2.45) is 0 Å². The minimum Gasteiger partial charge on any atom is -0.459 e. The molecular formula is C19H27N3O3. The van der Waals surface area contributed by atoms with E-state index in [-0.39, 0.29) is 24.6 Å². The van der Waals surface area contributed by atoms with Crippen LogP contribution < -0.4 is 5.32 Å². The van der Waals surface area contributed by atoms with Gasteiger partial charge in [-0.15, -0.1) is 0 Å². The van der Waals surface area contributed by atoms with E-state index in [9.17, 15) is 4.79 Å². The predicted molar refractivity (Wildman–Crippen MR) is 97.3 cm³/mol. The zero-order valence-corrected chi connectivity index (χ0v) is 14.9. The van der Waals surface area contributed by atoms with Crippen LogP contribution in [0.3, 0.4) is 0 Å². The first kappa shape index (κ1) is 17.9. The van der Waals surface area contributed by atoms with E-state index in [1.807, 2.05) is 44.2 Å². The van der Waals surface area contributed by atoms with Gasteiger partial charge in [0.2, 0.25) is 5.91 Å². The molecule has 2 heterocycles. The van der Waals surface area contributed by atoms with Crippen molar-refractivity contribution in [3.8, 4) is 0 Å². The zero-order valence-electron chi connectivity index (χ0n) is 14.9. The number of piperazine rings is 1. The molecule has 1 aliphatic rings. The molecule has 25 heavy (non-hydrogen) atoms. The molecule has 0 saturated carbocycles. The first-order valence-electron chi connectivity index (χ1n) is 8.94. The van der Waals surface area contributed by atoms with Crippen molar-refractivity contribution < 1.29 is 14.3 Å². The number of β-amino-alcohol motifs (C(OH)–C–C–N with tert-alkyl or cyclic N) is 1. The van der Waals surface area contributed by atoms with Crippen molar-refractivity contribution in [1.29, 1.82) is 0 Å². The van der Waals surface area contributed by atoms with Gasteiger partial charge in [-0.3, -0.25) is 14.6 Å². The van der Waals surface area contributed by atoms with Crippen LogP contribution in [0.5, 0.6) is 0 Å². The fourth-order valence-electron chi connectivity index (χ4n) is 3.30. The van der Waals surface area contributed by atoms with Gasteiger partial charge in [0, 0.05) is 38.1 Å². The van der Waals surface area contributed by atoms with Gasteiger partial charge in [-0.2, -0.15) is 0 Å². The van der Waals surface area contributed by atoms with E-state index in [1.165, 1.54) is 0 Å². The summed E-state index contributed by atoms with van der Waals surface area (Å²) in [5.41, 5.74) is 0.839. The molecule has 1 aliphatic heterocycles. The summed E-state index contributed by atoms with van der Waals surface area (Å²) in [6.07, 6.45) is 0. The Balaban J connectivity index is 1.56. The first-order valence-corrected chi connectivity index (χ1v) is 8.94. The molecule has 0 spiro atoms. The van der Waals surface area contributed by atoms with Crippen LogP contribution >= 0.6 is 0 Å². The lowest BCUT2D eigenvalue weighted by Crippen LogP contribution is -2.54. The smallest absolute Gasteiger partial charge is 0.237 e. The number of benzene rings is 1. The van der Waals surface area contributed by atoms with Crippen molar-refractivity contribution in [2.45, 2.75) is 25.9 Å². The van der Waals surface area contributed by atoms with Crippen LogP contribution in [0, 0.1) is 0 Å². The number of nitrogens with one attached hydrogen (secondary N) is 1. The van der Waals surface area contributed by atoms with E-state index in [0.29, 0.717) is 6.54 Å². The van der Waals surface area contributed by atoms with Crippen molar-refractivity contribution in [2.75, 3.05) is 39.3 Å². The zero-order chi connectivity index (χ0) is 17.8. The van der Waals surface area contributed by atoms with Crippen molar-refractivity contribution in [1.82, 2.24) is 15.1 Å². The van der Waals surface area contributed by atoms with Gasteiger partial charge in [0.15, 0.2) is 0 Å². The molecule has 1 amide bonds. The lowest BCUT2D eigenvalue weighted by atomic mass is 10.1. The summed E-state index contributed by atoms with van der Waals surface area (Å²) in [6.45, 7) is 8.24. The number of amides is 1. The number of para-hydroxylation sites is 1. The summed E-state index contributed by atoms with van der Waals surface area (Å²) in [6, 6.07) is 9.49. The van der Waals surface area contributed by atoms with Gasteiger partial charge in [0.25, 0.3) is 0 Å². The molecule has 0 radical (unpaired) electrons. The average molecular weight is 345 g/mol. The van der Waals surface area contributed by atoms with Crippen molar-refractivity contribution in [3.63, 3.8) is 0 Å². The lowest BCUT2D eigenvalue weighted by Gasteiger charge is -2.37. The monoisotopic (exact) mass is 345 g/mol. The molecule has 0 bridgehead atoms. The Morgan fingerprint density at radius 1 is 1.24 bits per heavy atom. The van der Waals surface area contributed by atoms with Crippen LogP contribution in [0.25, 0.3) is 11.0 Å². The Labute approximate surface area is 148 Å². The molecule has 2 aromatic rings. The van der Waals surface area contributed by atoms with Gasteiger partial charge in [-0.25, -0.2) is 0 Å². The van der Waals surface area contributed by atoms with Gasteiger partial charge in [-0.05, 0) is 26.0 Å².